The van der Waals surface area contributed by atoms with Gasteiger partial charge in [0.2, 0.25) is 5.75 Å². The standard InChI is InChI=1S/C25H22BrN3O8S/c1-4-36-18-7-6-14(11-19(18)37-5-2)21-15(24(32)35-3)12-27-25-28(21)23(31)20(38-25)10-13-8-16(26)22(30)17(9-13)29(33)34/h6-12,21,30H,4-5H2,1-3H3/b20-10-/t21-/m1/s1. The van der Waals surface area contributed by atoms with Crippen molar-refractivity contribution in [2.45, 2.75) is 19.9 Å². The molecule has 0 aliphatic carbocycles. The molecule has 0 fully saturated rings. The fourth-order valence-corrected chi connectivity index (χ4v) is 5.40. The average molecular weight is 604 g/mol. The van der Waals surface area contributed by atoms with Crippen LogP contribution in [-0.4, -0.2) is 40.9 Å². The van der Waals surface area contributed by atoms with Gasteiger partial charge in [-0.1, -0.05) is 17.4 Å². The maximum absolute atomic E-state index is 13.7. The number of ether oxygens (including phenoxy) is 3. The number of carbonyl (C=O) groups is 1. The van der Waals surface area contributed by atoms with Crippen molar-refractivity contribution in [2.75, 3.05) is 20.3 Å². The first-order valence-electron chi connectivity index (χ1n) is 11.4. The van der Waals surface area contributed by atoms with Crippen molar-refractivity contribution in [3.05, 3.63) is 87.5 Å². The van der Waals surface area contributed by atoms with Gasteiger partial charge in [-0.25, -0.2) is 9.79 Å². The third-order valence-electron chi connectivity index (χ3n) is 5.57. The van der Waals surface area contributed by atoms with Crippen LogP contribution in [0.5, 0.6) is 17.2 Å². The van der Waals surface area contributed by atoms with Crippen LogP contribution in [-0.2, 0) is 9.53 Å². The largest absolute Gasteiger partial charge is 0.501 e. The number of halogens is 1. The zero-order chi connectivity index (χ0) is 27.6. The van der Waals surface area contributed by atoms with Gasteiger partial charge in [-0.3, -0.25) is 19.5 Å². The minimum absolute atomic E-state index is 0.106. The molecule has 1 aliphatic rings. The van der Waals surface area contributed by atoms with Crippen molar-refractivity contribution in [1.82, 2.24) is 4.57 Å². The molecule has 1 atom stereocenters. The Kier molecular flexibility index (Phi) is 7.97. The molecule has 3 aromatic rings. The number of phenols is 1. The minimum atomic E-state index is -0.878. The van der Waals surface area contributed by atoms with Crippen LogP contribution in [0.1, 0.15) is 31.0 Å². The second-order valence-corrected chi connectivity index (χ2v) is 9.74. The lowest BCUT2D eigenvalue weighted by atomic mass is 9.97. The summed E-state index contributed by atoms with van der Waals surface area (Å²) in [7, 11) is 1.24. The SMILES string of the molecule is CCOc1ccc([C@@H]2C(C(=O)OC)=CN=c3s/c(=C\c4cc(Br)c(O)c([N+](=O)[O-])c4)c(=O)n32)cc1OCC. The normalized spacial score (nSPS) is 14.8. The molecule has 13 heteroatoms. The van der Waals surface area contributed by atoms with Gasteiger partial charge in [0, 0.05) is 12.3 Å². The molecule has 198 valence electrons. The number of hydrogen-bond acceptors (Lipinski definition) is 10. The van der Waals surface area contributed by atoms with Gasteiger partial charge in [0.25, 0.3) is 5.56 Å². The molecule has 1 aliphatic heterocycles. The number of nitro groups is 1. The van der Waals surface area contributed by atoms with Gasteiger partial charge in [0.15, 0.2) is 16.3 Å². The Bertz CT molecular complexity index is 1640. The summed E-state index contributed by atoms with van der Waals surface area (Å²) < 4.78 is 18.0. The lowest BCUT2D eigenvalue weighted by Gasteiger charge is -2.23. The number of esters is 1. The molecule has 0 unspecified atom stereocenters. The Morgan fingerprint density at radius 1 is 1.24 bits per heavy atom. The van der Waals surface area contributed by atoms with Gasteiger partial charge in [0.1, 0.15) is 0 Å². The maximum atomic E-state index is 13.7. The van der Waals surface area contributed by atoms with Gasteiger partial charge in [-0.05, 0) is 65.2 Å². The predicted molar refractivity (Wildman–Crippen MR) is 142 cm³/mol. The van der Waals surface area contributed by atoms with Crippen LogP contribution in [0.2, 0.25) is 0 Å². The molecule has 0 saturated heterocycles. The Labute approximate surface area is 228 Å². The van der Waals surface area contributed by atoms with Gasteiger partial charge >= 0.3 is 11.7 Å². The molecule has 2 heterocycles. The van der Waals surface area contributed by atoms with E-state index in [9.17, 15) is 24.8 Å². The number of phenolic OH excluding ortho intramolecular Hbond substituents is 1. The van der Waals surface area contributed by atoms with Crippen molar-refractivity contribution in [2.24, 2.45) is 4.99 Å². The van der Waals surface area contributed by atoms with Gasteiger partial charge < -0.3 is 19.3 Å². The van der Waals surface area contributed by atoms with Crippen molar-refractivity contribution in [1.29, 1.82) is 0 Å². The van der Waals surface area contributed by atoms with Crippen LogP contribution in [0.25, 0.3) is 6.08 Å². The average Bonchev–Trinajstić information content (AvgIpc) is 3.21. The highest BCUT2D eigenvalue weighted by Crippen LogP contribution is 2.36. The van der Waals surface area contributed by atoms with Crippen LogP contribution in [0.15, 0.2) is 56.4 Å². The van der Waals surface area contributed by atoms with Gasteiger partial charge in [0.05, 0.1) is 45.9 Å². The number of nitro benzene ring substituents is 1. The smallest absolute Gasteiger partial charge is 0.337 e. The van der Waals surface area contributed by atoms with Crippen LogP contribution in [0.4, 0.5) is 5.69 Å². The van der Waals surface area contributed by atoms with E-state index in [1.54, 1.807) is 18.2 Å². The summed E-state index contributed by atoms with van der Waals surface area (Å²) in [6.07, 6.45) is 2.83. The Morgan fingerprint density at radius 2 is 1.95 bits per heavy atom. The van der Waals surface area contributed by atoms with E-state index in [0.717, 1.165) is 17.4 Å². The van der Waals surface area contributed by atoms with E-state index in [1.807, 2.05) is 13.8 Å². The number of nitrogens with zero attached hydrogens (tertiary/aromatic N) is 3. The third-order valence-corrected chi connectivity index (χ3v) is 7.17. The van der Waals surface area contributed by atoms with E-state index in [0.29, 0.717) is 40.6 Å². The fraction of sp³-hybridized carbons (Fsp3) is 0.240. The highest BCUT2D eigenvalue weighted by atomic mass is 79.9. The number of methoxy groups -OCH3 is 1. The van der Waals surface area contributed by atoms with E-state index in [-0.39, 0.29) is 14.6 Å². The van der Waals surface area contributed by atoms with Crippen LogP contribution in [0, 0.1) is 10.1 Å². The highest BCUT2D eigenvalue weighted by Gasteiger charge is 2.31. The topological polar surface area (TPSA) is 142 Å². The third kappa shape index (κ3) is 5.07. The molecule has 0 amide bonds. The fourth-order valence-electron chi connectivity index (χ4n) is 3.97. The first kappa shape index (κ1) is 27.1. The molecule has 0 bridgehead atoms. The summed E-state index contributed by atoms with van der Waals surface area (Å²) >= 11 is 4.16. The number of rotatable bonds is 8. The van der Waals surface area contributed by atoms with Crippen LogP contribution < -0.4 is 24.4 Å². The molecular formula is C25H22BrN3O8S. The summed E-state index contributed by atoms with van der Waals surface area (Å²) in [6, 6.07) is 6.89. The summed E-state index contributed by atoms with van der Waals surface area (Å²) in [6.45, 7) is 4.48. The second kappa shape index (κ2) is 11.2. The lowest BCUT2D eigenvalue weighted by molar-refractivity contribution is -0.386. The zero-order valence-corrected chi connectivity index (χ0v) is 22.9. The molecule has 0 spiro atoms. The molecule has 1 aromatic heterocycles. The number of carbonyl (C=O) groups excluding carboxylic acids is 1. The Hall–Kier alpha value is -3.97. The van der Waals surface area contributed by atoms with E-state index in [2.05, 4.69) is 20.9 Å². The van der Waals surface area contributed by atoms with E-state index < -0.39 is 33.9 Å². The molecule has 2 aromatic carbocycles. The number of hydrogen-bond donors (Lipinski definition) is 1. The van der Waals surface area contributed by atoms with E-state index in [4.69, 9.17) is 14.2 Å². The molecule has 11 nitrogen and oxygen atoms in total. The molecule has 1 N–H and O–H groups in total. The van der Waals surface area contributed by atoms with Crippen molar-refractivity contribution >= 4 is 45.0 Å². The van der Waals surface area contributed by atoms with E-state index >= 15 is 0 Å². The number of aromatic hydroxyl groups is 1. The molecule has 38 heavy (non-hydrogen) atoms. The quantitative estimate of drug-likeness (QED) is 0.235. The number of thiazole rings is 1. The number of fused-ring (bicyclic) bond motifs is 1. The van der Waals surface area contributed by atoms with E-state index in [1.165, 1.54) is 30.0 Å². The summed E-state index contributed by atoms with van der Waals surface area (Å²) in [5, 5.41) is 21.3. The Balaban J connectivity index is 1.92. The molecule has 0 radical (unpaired) electrons. The van der Waals surface area contributed by atoms with Crippen LogP contribution in [0.3, 0.4) is 0 Å². The minimum Gasteiger partial charge on any atom is -0.501 e. The van der Waals surface area contributed by atoms with Gasteiger partial charge in [-0.2, -0.15) is 0 Å². The van der Waals surface area contributed by atoms with Crippen molar-refractivity contribution in [3.8, 4) is 17.2 Å². The lowest BCUT2D eigenvalue weighted by Crippen LogP contribution is -2.39. The number of benzene rings is 2. The monoisotopic (exact) mass is 603 g/mol. The maximum Gasteiger partial charge on any atom is 0.337 e. The second-order valence-electron chi connectivity index (χ2n) is 7.88. The number of aromatic nitrogens is 1. The summed E-state index contributed by atoms with van der Waals surface area (Å²) in [5.41, 5.74) is 0.0457. The first-order valence-corrected chi connectivity index (χ1v) is 13.0. The predicted octanol–water partition coefficient (Wildman–Crippen LogP) is 3.19. The first-order chi connectivity index (χ1) is 18.2. The van der Waals surface area contributed by atoms with Crippen molar-refractivity contribution < 1.29 is 29.0 Å². The highest BCUT2D eigenvalue weighted by molar-refractivity contribution is 9.10. The zero-order valence-electron chi connectivity index (χ0n) is 20.5. The summed E-state index contributed by atoms with van der Waals surface area (Å²) in [5.74, 6) is -0.194. The molecular weight excluding hydrogens is 582 g/mol. The molecule has 0 saturated carbocycles. The Morgan fingerprint density at radius 3 is 2.61 bits per heavy atom. The molecule has 4 rings (SSSR count). The van der Waals surface area contributed by atoms with Crippen molar-refractivity contribution in [3.63, 3.8) is 0 Å². The van der Waals surface area contributed by atoms with Crippen LogP contribution >= 0.6 is 27.3 Å². The summed E-state index contributed by atoms with van der Waals surface area (Å²) in [4.78, 5) is 41.6. The van der Waals surface area contributed by atoms with Gasteiger partial charge in [-0.15, -0.1) is 0 Å².